The molecule has 0 heterocycles. The van der Waals surface area contributed by atoms with Crippen molar-refractivity contribution in [3.05, 3.63) is 35.4 Å². The van der Waals surface area contributed by atoms with Gasteiger partial charge in [0.2, 0.25) is 0 Å². The summed E-state index contributed by atoms with van der Waals surface area (Å²) in [5.74, 6) is -0.276. The molecule has 0 unspecified atom stereocenters. The molecule has 0 radical (unpaired) electrons. The van der Waals surface area contributed by atoms with Crippen LogP contribution in [0.4, 0.5) is 0 Å². The molecule has 1 aromatic carbocycles. The number of unbranched alkanes of at least 4 members (excludes halogenated alkanes) is 15. The Hall–Kier alpha value is -1.39. The van der Waals surface area contributed by atoms with Crippen LogP contribution in [0, 0.1) is 0 Å². The molecule has 0 fully saturated rings. The number of aliphatic hydroxyl groups is 2. The molecule has 3 N–H and O–H groups in total. The second-order valence-corrected chi connectivity index (χ2v) is 8.94. The van der Waals surface area contributed by atoms with E-state index in [9.17, 15) is 4.79 Å². The molecule has 0 aliphatic heterocycles. The van der Waals surface area contributed by atoms with Gasteiger partial charge in [-0.15, -0.1) is 0 Å². The summed E-state index contributed by atoms with van der Waals surface area (Å²) >= 11 is 0. The predicted molar refractivity (Wildman–Crippen MR) is 130 cm³/mol. The SMILES string of the molecule is CCCCCCCCCCCCCCCCCCc1ccc(C(=O)NCC(O)O)cc1. The first-order valence-electron chi connectivity index (χ1n) is 12.9. The van der Waals surface area contributed by atoms with Crippen molar-refractivity contribution in [2.24, 2.45) is 0 Å². The van der Waals surface area contributed by atoms with Gasteiger partial charge >= 0.3 is 0 Å². The molecule has 178 valence electrons. The Kier molecular flexibility index (Phi) is 17.2. The molecule has 0 atom stereocenters. The maximum atomic E-state index is 11.8. The van der Waals surface area contributed by atoms with E-state index in [1.165, 1.54) is 108 Å². The molecular formula is C27H47NO3. The van der Waals surface area contributed by atoms with Crippen molar-refractivity contribution < 1.29 is 15.0 Å². The van der Waals surface area contributed by atoms with Gasteiger partial charge in [-0.1, -0.05) is 115 Å². The number of nitrogens with one attached hydrogen (secondary N) is 1. The lowest BCUT2D eigenvalue weighted by atomic mass is 10.0. The quantitative estimate of drug-likeness (QED) is 0.162. The van der Waals surface area contributed by atoms with Crippen LogP contribution in [0.25, 0.3) is 0 Å². The lowest BCUT2D eigenvalue weighted by molar-refractivity contribution is -0.0361. The van der Waals surface area contributed by atoms with Crippen LogP contribution in [-0.2, 0) is 6.42 Å². The summed E-state index contributed by atoms with van der Waals surface area (Å²) in [6.07, 6.45) is 21.6. The van der Waals surface area contributed by atoms with E-state index in [4.69, 9.17) is 10.2 Å². The first-order valence-corrected chi connectivity index (χ1v) is 12.9. The molecule has 0 aromatic heterocycles. The summed E-state index contributed by atoms with van der Waals surface area (Å²) in [7, 11) is 0. The third-order valence-electron chi connectivity index (χ3n) is 5.98. The van der Waals surface area contributed by atoms with Gasteiger partial charge in [-0.05, 0) is 30.5 Å². The van der Waals surface area contributed by atoms with Gasteiger partial charge in [-0.3, -0.25) is 4.79 Å². The number of carbonyl (C=O) groups excluding carboxylic acids is 1. The van der Waals surface area contributed by atoms with Crippen molar-refractivity contribution in [1.82, 2.24) is 5.32 Å². The van der Waals surface area contributed by atoms with E-state index >= 15 is 0 Å². The zero-order chi connectivity index (χ0) is 22.6. The molecular weight excluding hydrogens is 386 g/mol. The lowest BCUT2D eigenvalue weighted by Gasteiger charge is -2.07. The molecule has 0 aliphatic rings. The summed E-state index contributed by atoms with van der Waals surface area (Å²) < 4.78 is 0. The summed E-state index contributed by atoms with van der Waals surface area (Å²) in [5.41, 5.74) is 1.81. The van der Waals surface area contributed by atoms with Gasteiger partial charge in [0.1, 0.15) is 0 Å². The van der Waals surface area contributed by atoms with Crippen molar-refractivity contribution >= 4 is 5.91 Å². The van der Waals surface area contributed by atoms with Crippen LogP contribution in [0.2, 0.25) is 0 Å². The van der Waals surface area contributed by atoms with Gasteiger partial charge in [-0.2, -0.15) is 0 Å². The average Bonchev–Trinajstić information content (AvgIpc) is 2.77. The minimum atomic E-state index is -1.52. The molecule has 0 bridgehead atoms. The Morgan fingerprint density at radius 1 is 0.710 bits per heavy atom. The zero-order valence-electron chi connectivity index (χ0n) is 19.9. The van der Waals surface area contributed by atoms with Crippen molar-refractivity contribution in [3.8, 4) is 0 Å². The van der Waals surface area contributed by atoms with Gasteiger partial charge in [0, 0.05) is 5.56 Å². The first kappa shape index (κ1) is 27.6. The van der Waals surface area contributed by atoms with E-state index in [-0.39, 0.29) is 12.5 Å². The largest absolute Gasteiger partial charge is 0.367 e. The number of carbonyl (C=O) groups is 1. The lowest BCUT2D eigenvalue weighted by Crippen LogP contribution is -2.31. The Bertz CT molecular complexity index is 542. The van der Waals surface area contributed by atoms with E-state index in [1.807, 2.05) is 12.1 Å². The number of amides is 1. The van der Waals surface area contributed by atoms with E-state index < -0.39 is 6.29 Å². The fourth-order valence-corrected chi connectivity index (χ4v) is 3.99. The molecule has 0 saturated carbocycles. The van der Waals surface area contributed by atoms with E-state index in [0.717, 1.165) is 6.42 Å². The second-order valence-electron chi connectivity index (χ2n) is 8.94. The standard InChI is InChI=1S/C27H47NO3/c1-2-3-4-5-6-7-8-9-10-11-12-13-14-15-16-17-18-24-19-21-25(22-20-24)27(31)28-23-26(29)30/h19-22,26,29-30H,2-18,23H2,1H3,(H,28,31). The highest BCUT2D eigenvalue weighted by atomic mass is 16.5. The van der Waals surface area contributed by atoms with Crippen LogP contribution < -0.4 is 5.32 Å². The Morgan fingerprint density at radius 3 is 1.55 bits per heavy atom. The monoisotopic (exact) mass is 433 g/mol. The van der Waals surface area contributed by atoms with Crippen LogP contribution in [0.5, 0.6) is 0 Å². The van der Waals surface area contributed by atoms with Gasteiger partial charge in [-0.25, -0.2) is 0 Å². The van der Waals surface area contributed by atoms with Gasteiger partial charge < -0.3 is 15.5 Å². The zero-order valence-corrected chi connectivity index (χ0v) is 19.9. The minimum absolute atomic E-state index is 0.153. The van der Waals surface area contributed by atoms with Crippen molar-refractivity contribution in [2.45, 2.75) is 122 Å². The first-order chi connectivity index (χ1) is 15.1. The fraction of sp³-hybridized carbons (Fsp3) is 0.741. The summed E-state index contributed by atoms with van der Waals surface area (Å²) in [6, 6.07) is 7.60. The fourth-order valence-electron chi connectivity index (χ4n) is 3.99. The summed E-state index contributed by atoms with van der Waals surface area (Å²) in [4.78, 5) is 11.8. The van der Waals surface area contributed by atoms with Crippen LogP contribution in [0.3, 0.4) is 0 Å². The van der Waals surface area contributed by atoms with Gasteiger partial charge in [0.25, 0.3) is 5.91 Å². The number of benzene rings is 1. The van der Waals surface area contributed by atoms with E-state index in [1.54, 1.807) is 12.1 Å². The van der Waals surface area contributed by atoms with Crippen molar-refractivity contribution in [1.29, 1.82) is 0 Å². The summed E-state index contributed by atoms with van der Waals surface area (Å²) in [5, 5.41) is 20.1. The van der Waals surface area contributed by atoms with Crippen LogP contribution in [0.15, 0.2) is 24.3 Å². The molecule has 4 heteroatoms. The van der Waals surface area contributed by atoms with E-state index in [2.05, 4.69) is 12.2 Å². The molecule has 0 saturated heterocycles. The van der Waals surface area contributed by atoms with Crippen LogP contribution in [0.1, 0.15) is 126 Å². The summed E-state index contributed by atoms with van der Waals surface area (Å²) in [6.45, 7) is 2.13. The Labute approximate surface area is 190 Å². The number of rotatable bonds is 20. The number of hydrogen-bond donors (Lipinski definition) is 3. The molecule has 1 rings (SSSR count). The van der Waals surface area contributed by atoms with Gasteiger partial charge in [0.05, 0.1) is 6.54 Å². The molecule has 1 aromatic rings. The third kappa shape index (κ3) is 16.0. The molecule has 4 nitrogen and oxygen atoms in total. The maximum absolute atomic E-state index is 11.8. The van der Waals surface area contributed by atoms with E-state index in [0.29, 0.717) is 5.56 Å². The Balaban J connectivity index is 1.90. The average molecular weight is 434 g/mol. The second kappa shape index (κ2) is 19.3. The molecule has 0 aliphatic carbocycles. The maximum Gasteiger partial charge on any atom is 0.251 e. The highest BCUT2D eigenvalue weighted by molar-refractivity contribution is 5.94. The highest BCUT2D eigenvalue weighted by Gasteiger charge is 2.06. The Morgan fingerprint density at radius 2 is 1.13 bits per heavy atom. The molecule has 0 spiro atoms. The van der Waals surface area contributed by atoms with Gasteiger partial charge in [0.15, 0.2) is 6.29 Å². The van der Waals surface area contributed by atoms with Crippen molar-refractivity contribution in [3.63, 3.8) is 0 Å². The van der Waals surface area contributed by atoms with Crippen LogP contribution in [-0.4, -0.2) is 29.0 Å². The topological polar surface area (TPSA) is 69.6 Å². The molecule has 31 heavy (non-hydrogen) atoms. The van der Waals surface area contributed by atoms with Crippen molar-refractivity contribution in [2.75, 3.05) is 6.54 Å². The molecule has 1 amide bonds. The number of aliphatic hydroxyl groups excluding tert-OH is 1. The third-order valence-corrected chi connectivity index (χ3v) is 5.98. The number of aryl methyl sites for hydroxylation is 1. The normalized spacial score (nSPS) is 11.2. The van der Waals surface area contributed by atoms with Crippen LogP contribution >= 0.6 is 0 Å². The smallest absolute Gasteiger partial charge is 0.251 e. The number of hydrogen-bond acceptors (Lipinski definition) is 3. The predicted octanol–water partition coefficient (Wildman–Crippen LogP) is 6.53. The minimum Gasteiger partial charge on any atom is -0.367 e. The highest BCUT2D eigenvalue weighted by Crippen LogP contribution is 2.15.